The Morgan fingerprint density at radius 1 is 0.952 bits per heavy atom. The number of carbonyl (C=O) groups is 4. The van der Waals surface area contributed by atoms with Gasteiger partial charge in [0.05, 0.1) is 32.4 Å². The number of amides is 1. The molecule has 2 aromatic carbocycles. The van der Waals surface area contributed by atoms with E-state index in [0.717, 1.165) is 5.56 Å². The van der Waals surface area contributed by atoms with Crippen molar-refractivity contribution in [2.75, 3.05) is 39.5 Å². The molecular weight excluding hydrogens is 540 g/mol. The third-order valence-electron chi connectivity index (χ3n) is 7.91. The van der Waals surface area contributed by atoms with E-state index in [1.54, 1.807) is 19.9 Å². The molecule has 0 aromatic heterocycles. The predicted octanol–water partition coefficient (Wildman–Crippen LogP) is 2.23. The summed E-state index contributed by atoms with van der Waals surface area (Å²) in [5.41, 5.74) is 0.504. The summed E-state index contributed by atoms with van der Waals surface area (Å²) in [5, 5.41) is 22.5. The standard InChI is InChI=1S/C32H40N2O8/c1-21(14-25(35)19-34-10-12-41-13-11-34)31(40)33-26(16-23-8-9-27(36)29(38)17-23)28(37)18-24(30(39)32(2)20-42-32)15-22-6-4-3-5-7-22/h3-9,17,21,24,26,36,38H,10-16,18-20H2,1-2H3,(H,33,40)/t21-,24-,26+,32-/m1/s1. The normalized spacial score (nSPS) is 20.7. The van der Waals surface area contributed by atoms with Crippen LogP contribution in [0.5, 0.6) is 11.5 Å². The number of epoxide rings is 1. The molecule has 10 nitrogen and oxygen atoms in total. The van der Waals surface area contributed by atoms with Gasteiger partial charge < -0.3 is 25.0 Å². The Morgan fingerprint density at radius 2 is 1.64 bits per heavy atom. The van der Waals surface area contributed by atoms with Crippen LogP contribution in [0.4, 0.5) is 0 Å². The average molecular weight is 581 g/mol. The molecule has 226 valence electrons. The molecule has 1 amide bonds. The lowest BCUT2D eigenvalue weighted by molar-refractivity contribution is -0.134. The molecule has 2 fully saturated rings. The molecule has 2 heterocycles. The van der Waals surface area contributed by atoms with Gasteiger partial charge >= 0.3 is 0 Å². The molecule has 4 atom stereocenters. The zero-order chi connectivity index (χ0) is 30.3. The molecule has 0 saturated carbocycles. The van der Waals surface area contributed by atoms with Gasteiger partial charge in [-0.05, 0) is 43.0 Å². The zero-order valence-electron chi connectivity index (χ0n) is 24.2. The number of carbonyl (C=O) groups excluding carboxylic acids is 4. The number of Topliss-reactive ketones (excluding diaryl/α,β-unsaturated/α-hetero) is 3. The molecular formula is C32H40N2O8. The smallest absolute Gasteiger partial charge is 0.223 e. The lowest BCUT2D eigenvalue weighted by atomic mass is 9.83. The maximum atomic E-state index is 13.8. The first-order chi connectivity index (χ1) is 20.0. The second-order valence-corrected chi connectivity index (χ2v) is 11.6. The number of nitrogens with one attached hydrogen (secondary N) is 1. The van der Waals surface area contributed by atoms with Crippen molar-refractivity contribution in [2.45, 2.75) is 51.2 Å². The van der Waals surface area contributed by atoms with E-state index >= 15 is 0 Å². The van der Waals surface area contributed by atoms with Crippen LogP contribution < -0.4 is 5.32 Å². The molecule has 0 bridgehead atoms. The molecule has 4 rings (SSSR count). The quantitative estimate of drug-likeness (QED) is 0.213. The Hall–Kier alpha value is -3.60. The van der Waals surface area contributed by atoms with Gasteiger partial charge in [0.25, 0.3) is 0 Å². The fourth-order valence-electron chi connectivity index (χ4n) is 5.22. The molecule has 0 unspecified atom stereocenters. The van der Waals surface area contributed by atoms with Gasteiger partial charge in [-0.3, -0.25) is 24.1 Å². The van der Waals surface area contributed by atoms with E-state index in [-0.39, 0.29) is 54.7 Å². The van der Waals surface area contributed by atoms with Crippen LogP contribution in [0.3, 0.4) is 0 Å². The summed E-state index contributed by atoms with van der Waals surface area (Å²) in [7, 11) is 0. The van der Waals surface area contributed by atoms with Gasteiger partial charge in [0, 0.05) is 37.8 Å². The number of morpholine rings is 1. The number of phenolic OH excluding ortho intramolecular Hbond substituents is 2. The van der Waals surface area contributed by atoms with Gasteiger partial charge in [-0.2, -0.15) is 0 Å². The molecule has 3 N–H and O–H groups in total. The van der Waals surface area contributed by atoms with E-state index in [9.17, 15) is 29.4 Å². The molecule has 2 aliphatic rings. The summed E-state index contributed by atoms with van der Waals surface area (Å²) in [6.07, 6.45) is 0.283. The van der Waals surface area contributed by atoms with Gasteiger partial charge in [-0.1, -0.05) is 43.3 Å². The number of benzene rings is 2. The third-order valence-corrected chi connectivity index (χ3v) is 7.91. The Morgan fingerprint density at radius 3 is 2.29 bits per heavy atom. The van der Waals surface area contributed by atoms with Gasteiger partial charge in [-0.25, -0.2) is 0 Å². The van der Waals surface area contributed by atoms with Crippen LogP contribution in [0.15, 0.2) is 48.5 Å². The Kier molecular flexibility index (Phi) is 10.5. The first-order valence-electron chi connectivity index (χ1n) is 14.4. The van der Waals surface area contributed by atoms with Crippen LogP contribution >= 0.6 is 0 Å². The third kappa shape index (κ3) is 8.70. The topological polar surface area (TPSA) is 146 Å². The second kappa shape index (κ2) is 14.0. The van der Waals surface area contributed by atoms with Gasteiger partial charge in [0.2, 0.25) is 5.91 Å². The van der Waals surface area contributed by atoms with E-state index in [2.05, 4.69) is 5.32 Å². The van der Waals surface area contributed by atoms with Crippen LogP contribution in [0, 0.1) is 11.8 Å². The minimum Gasteiger partial charge on any atom is -0.504 e. The molecule has 2 aromatic rings. The van der Waals surface area contributed by atoms with Gasteiger partial charge in [0.1, 0.15) is 11.4 Å². The largest absolute Gasteiger partial charge is 0.504 e. The SMILES string of the molecule is C[C@H](CC(=O)CN1CCOCC1)C(=O)N[C@@H](Cc1ccc(O)c(O)c1)C(=O)C[C@@H](Cc1ccccc1)C(=O)[C@@]1(C)CO1. The predicted molar refractivity (Wildman–Crippen MR) is 154 cm³/mol. The summed E-state index contributed by atoms with van der Waals surface area (Å²) in [4.78, 5) is 55.1. The summed E-state index contributed by atoms with van der Waals surface area (Å²) < 4.78 is 10.7. The van der Waals surface area contributed by atoms with E-state index in [4.69, 9.17) is 9.47 Å². The lowest BCUT2D eigenvalue weighted by Gasteiger charge is -2.26. The highest BCUT2D eigenvalue weighted by atomic mass is 16.6. The zero-order valence-corrected chi connectivity index (χ0v) is 24.2. The minimum absolute atomic E-state index is 0.0227. The van der Waals surface area contributed by atoms with Crippen molar-refractivity contribution >= 4 is 23.3 Å². The Bertz CT molecular complexity index is 1270. The van der Waals surface area contributed by atoms with Crippen LogP contribution in [0.2, 0.25) is 0 Å². The first kappa shape index (κ1) is 31.3. The second-order valence-electron chi connectivity index (χ2n) is 11.6. The summed E-state index contributed by atoms with van der Waals surface area (Å²) in [6.45, 7) is 6.36. The number of ether oxygens (including phenoxy) is 2. The van der Waals surface area contributed by atoms with E-state index < -0.39 is 29.4 Å². The Labute approximate surface area is 246 Å². The number of hydrogen-bond acceptors (Lipinski definition) is 9. The van der Waals surface area contributed by atoms with Crippen molar-refractivity contribution < 1.29 is 38.9 Å². The number of phenols is 2. The molecule has 2 aliphatic heterocycles. The maximum absolute atomic E-state index is 13.8. The van der Waals surface area contributed by atoms with Crippen molar-refractivity contribution in [3.63, 3.8) is 0 Å². The average Bonchev–Trinajstić information content (AvgIpc) is 3.73. The van der Waals surface area contributed by atoms with Crippen molar-refractivity contribution in [1.29, 1.82) is 0 Å². The summed E-state index contributed by atoms with van der Waals surface area (Å²) in [5.74, 6) is -3.01. The molecule has 42 heavy (non-hydrogen) atoms. The van der Waals surface area contributed by atoms with E-state index in [1.165, 1.54) is 12.1 Å². The van der Waals surface area contributed by atoms with Gasteiger partial charge in [-0.15, -0.1) is 0 Å². The molecule has 2 saturated heterocycles. The molecule has 0 spiro atoms. The minimum atomic E-state index is -1.02. The number of hydrogen-bond donors (Lipinski definition) is 3. The fraction of sp³-hybridized carbons (Fsp3) is 0.500. The lowest BCUT2D eigenvalue weighted by Crippen LogP contribution is -2.46. The van der Waals surface area contributed by atoms with E-state index in [1.807, 2.05) is 35.2 Å². The van der Waals surface area contributed by atoms with Gasteiger partial charge in [0.15, 0.2) is 23.1 Å². The molecule has 0 radical (unpaired) electrons. The highest BCUT2D eigenvalue weighted by molar-refractivity contribution is 5.97. The maximum Gasteiger partial charge on any atom is 0.223 e. The molecule has 0 aliphatic carbocycles. The Balaban J connectivity index is 1.47. The fourth-order valence-corrected chi connectivity index (χ4v) is 5.22. The first-order valence-corrected chi connectivity index (χ1v) is 14.4. The highest BCUT2D eigenvalue weighted by Gasteiger charge is 2.50. The van der Waals surface area contributed by atoms with Crippen LogP contribution in [0.1, 0.15) is 37.8 Å². The molecule has 10 heteroatoms. The number of ketones is 3. The number of aromatic hydroxyl groups is 2. The van der Waals surface area contributed by atoms with Crippen LogP contribution in [-0.4, -0.2) is 89.5 Å². The van der Waals surface area contributed by atoms with Crippen molar-refractivity contribution in [1.82, 2.24) is 10.2 Å². The van der Waals surface area contributed by atoms with E-state index in [0.29, 0.717) is 44.9 Å². The summed E-state index contributed by atoms with van der Waals surface area (Å²) in [6, 6.07) is 12.6. The van der Waals surface area contributed by atoms with Crippen molar-refractivity contribution in [3.05, 3.63) is 59.7 Å². The summed E-state index contributed by atoms with van der Waals surface area (Å²) >= 11 is 0. The monoisotopic (exact) mass is 580 g/mol. The van der Waals surface area contributed by atoms with Crippen molar-refractivity contribution in [2.24, 2.45) is 11.8 Å². The highest BCUT2D eigenvalue weighted by Crippen LogP contribution is 2.33. The number of nitrogens with zero attached hydrogens (tertiary/aromatic N) is 1. The van der Waals surface area contributed by atoms with Crippen molar-refractivity contribution in [3.8, 4) is 11.5 Å². The van der Waals surface area contributed by atoms with Crippen LogP contribution in [-0.2, 0) is 41.5 Å². The number of rotatable bonds is 15. The van der Waals surface area contributed by atoms with Crippen LogP contribution in [0.25, 0.3) is 0 Å².